The minimum absolute atomic E-state index is 0.377. The van der Waals surface area contributed by atoms with Crippen LogP contribution in [0.3, 0.4) is 0 Å². The Kier molecular flexibility index (Phi) is 4.16. The van der Waals surface area contributed by atoms with Crippen LogP contribution in [0.15, 0.2) is 16.8 Å². The second kappa shape index (κ2) is 5.84. The summed E-state index contributed by atoms with van der Waals surface area (Å²) in [5, 5.41) is 10.7. The summed E-state index contributed by atoms with van der Waals surface area (Å²) >= 11 is 0. The second-order valence-corrected chi connectivity index (χ2v) is 4.67. The summed E-state index contributed by atoms with van der Waals surface area (Å²) in [6.45, 7) is 7.19. The lowest BCUT2D eigenvalue weighted by molar-refractivity contribution is 0.268. The molecule has 0 amide bonds. The molecule has 102 valence electrons. The molecule has 0 aliphatic heterocycles. The molecule has 1 N–H and O–H groups in total. The van der Waals surface area contributed by atoms with Crippen LogP contribution >= 0.6 is 0 Å². The van der Waals surface area contributed by atoms with Crippen LogP contribution in [0.25, 0.3) is 0 Å². The first-order valence-corrected chi connectivity index (χ1v) is 6.27. The predicted molar refractivity (Wildman–Crippen MR) is 72.0 cm³/mol. The standard InChI is InChI=1S/C14H19N3O2/c1-9-5-12(7-15-4)6-10(2)14(9)18-8-13-11(3)16-19-17-13/h5-6,15H,7-8H2,1-4H3. The summed E-state index contributed by atoms with van der Waals surface area (Å²) in [6, 6.07) is 4.26. The fourth-order valence-electron chi connectivity index (χ4n) is 2.09. The van der Waals surface area contributed by atoms with Gasteiger partial charge in [0.1, 0.15) is 23.7 Å². The van der Waals surface area contributed by atoms with E-state index in [-0.39, 0.29) is 0 Å². The zero-order valence-corrected chi connectivity index (χ0v) is 11.8. The fourth-order valence-corrected chi connectivity index (χ4v) is 2.09. The lowest BCUT2D eigenvalue weighted by Gasteiger charge is -2.13. The highest BCUT2D eigenvalue weighted by atomic mass is 16.6. The molecular formula is C14H19N3O2. The van der Waals surface area contributed by atoms with Gasteiger partial charge in [0.05, 0.1) is 0 Å². The molecule has 2 rings (SSSR count). The van der Waals surface area contributed by atoms with E-state index in [9.17, 15) is 0 Å². The molecule has 1 aromatic carbocycles. The minimum Gasteiger partial charge on any atom is -0.487 e. The van der Waals surface area contributed by atoms with Gasteiger partial charge in [-0.15, -0.1) is 0 Å². The third kappa shape index (κ3) is 3.12. The van der Waals surface area contributed by atoms with Gasteiger partial charge in [0, 0.05) is 6.54 Å². The molecule has 0 unspecified atom stereocenters. The average Bonchev–Trinajstić information content (AvgIpc) is 2.74. The number of rotatable bonds is 5. The van der Waals surface area contributed by atoms with Crippen molar-refractivity contribution in [1.29, 1.82) is 0 Å². The highest BCUT2D eigenvalue weighted by Gasteiger charge is 2.10. The summed E-state index contributed by atoms with van der Waals surface area (Å²) < 4.78 is 10.5. The first-order chi connectivity index (χ1) is 9.11. The zero-order valence-electron chi connectivity index (χ0n) is 11.8. The molecule has 0 saturated carbocycles. The third-order valence-corrected chi connectivity index (χ3v) is 3.00. The maximum Gasteiger partial charge on any atom is 0.145 e. The molecule has 2 aromatic rings. The van der Waals surface area contributed by atoms with Crippen molar-refractivity contribution >= 4 is 0 Å². The predicted octanol–water partition coefficient (Wildman–Crippen LogP) is 2.29. The lowest BCUT2D eigenvalue weighted by Crippen LogP contribution is -2.07. The number of nitrogens with zero attached hydrogens (tertiary/aromatic N) is 2. The Hall–Kier alpha value is -1.88. The Morgan fingerprint density at radius 2 is 1.84 bits per heavy atom. The molecule has 0 radical (unpaired) electrons. The molecule has 0 aliphatic carbocycles. The van der Waals surface area contributed by atoms with Gasteiger partial charge < -0.3 is 10.1 Å². The van der Waals surface area contributed by atoms with E-state index in [1.54, 1.807) is 0 Å². The van der Waals surface area contributed by atoms with Gasteiger partial charge in [-0.3, -0.25) is 0 Å². The van der Waals surface area contributed by atoms with Crippen molar-refractivity contribution < 1.29 is 9.37 Å². The number of aromatic nitrogens is 2. The van der Waals surface area contributed by atoms with Crippen LogP contribution in [0.1, 0.15) is 28.1 Å². The Balaban J connectivity index is 2.14. The highest BCUT2D eigenvalue weighted by Crippen LogP contribution is 2.25. The van der Waals surface area contributed by atoms with Crippen LogP contribution in [0.2, 0.25) is 0 Å². The number of hydrogen-bond acceptors (Lipinski definition) is 5. The maximum atomic E-state index is 5.84. The van der Waals surface area contributed by atoms with Gasteiger partial charge in [0.25, 0.3) is 0 Å². The third-order valence-electron chi connectivity index (χ3n) is 3.00. The lowest BCUT2D eigenvalue weighted by atomic mass is 10.1. The van der Waals surface area contributed by atoms with Crippen molar-refractivity contribution in [3.05, 3.63) is 40.2 Å². The molecule has 5 heteroatoms. The van der Waals surface area contributed by atoms with Crippen LogP contribution in [0.4, 0.5) is 0 Å². The average molecular weight is 261 g/mol. The van der Waals surface area contributed by atoms with E-state index in [4.69, 9.17) is 4.74 Å². The monoisotopic (exact) mass is 261 g/mol. The quantitative estimate of drug-likeness (QED) is 0.894. The zero-order chi connectivity index (χ0) is 13.8. The van der Waals surface area contributed by atoms with Gasteiger partial charge in [-0.25, -0.2) is 4.63 Å². The first kappa shape index (κ1) is 13.5. The summed E-state index contributed by atoms with van der Waals surface area (Å²) in [5.41, 5.74) is 5.00. The van der Waals surface area contributed by atoms with Crippen molar-refractivity contribution in [3.63, 3.8) is 0 Å². The van der Waals surface area contributed by atoms with Gasteiger partial charge in [-0.1, -0.05) is 22.4 Å². The Morgan fingerprint density at radius 1 is 1.16 bits per heavy atom. The summed E-state index contributed by atoms with van der Waals surface area (Å²) in [7, 11) is 1.94. The first-order valence-electron chi connectivity index (χ1n) is 6.27. The summed E-state index contributed by atoms with van der Waals surface area (Å²) in [5.74, 6) is 0.905. The Bertz CT molecular complexity index is 541. The van der Waals surface area contributed by atoms with E-state index in [2.05, 4.69) is 46.2 Å². The molecule has 0 fully saturated rings. The van der Waals surface area contributed by atoms with Crippen LogP contribution in [0.5, 0.6) is 5.75 Å². The summed E-state index contributed by atoms with van der Waals surface area (Å²) in [6.07, 6.45) is 0. The van der Waals surface area contributed by atoms with E-state index in [1.165, 1.54) is 5.56 Å². The number of ether oxygens (including phenoxy) is 1. The van der Waals surface area contributed by atoms with Crippen LogP contribution < -0.4 is 10.1 Å². The van der Waals surface area contributed by atoms with E-state index in [0.717, 1.165) is 34.8 Å². The van der Waals surface area contributed by atoms with Crippen molar-refractivity contribution in [1.82, 2.24) is 15.6 Å². The normalized spacial score (nSPS) is 10.7. The van der Waals surface area contributed by atoms with E-state index in [0.29, 0.717) is 6.61 Å². The molecule has 5 nitrogen and oxygen atoms in total. The molecule has 0 bridgehead atoms. The van der Waals surface area contributed by atoms with E-state index >= 15 is 0 Å². The summed E-state index contributed by atoms with van der Waals surface area (Å²) in [4.78, 5) is 0. The molecule has 0 atom stereocenters. The maximum absolute atomic E-state index is 5.84. The van der Waals surface area contributed by atoms with Crippen LogP contribution in [0, 0.1) is 20.8 Å². The number of nitrogens with one attached hydrogen (secondary N) is 1. The number of aryl methyl sites for hydroxylation is 3. The van der Waals surface area contributed by atoms with Crippen molar-refractivity contribution in [2.45, 2.75) is 33.9 Å². The van der Waals surface area contributed by atoms with Gasteiger partial charge in [0.15, 0.2) is 0 Å². The largest absolute Gasteiger partial charge is 0.487 e. The molecule has 19 heavy (non-hydrogen) atoms. The van der Waals surface area contributed by atoms with Crippen molar-refractivity contribution in [3.8, 4) is 5.75 Å². The van der Waals surface area contributed by atoms with Gasteiger partial charge in [0.2, 0.25) is 0 Å². The van der Waals surface area contributed by atoms with E-state index < -0.39 is 0 Å². The van der Waals surface area contributed by atoms with Gasteiger partial charge in [-0.05, 0) is 44.5 Å². The smallest absolute Gasteiger partial charge is 0.145 e. The SMILES string of the molecule is CNCc1cc(C)c(OCc2nonc2C)c(C)c1. The topological polar surface area (TPSA) is 60.2 Å². The molecule has 1 aromatic heterocycles. The van der Waals surface area contributed by atoms with E-state index in [1.807, 2.05) is 14.0 Å². The molecule has 1 heterocycles. The van der Waals surface area contributed by atoms with Crippen LogP contribution in [-0.4, -0.2) is 17.4 Å². The highest BCUT2D eigenvalue weighted by molar-refractivity contribution is 5.43. The molecule has 0 spiro atoms. The fraction of sp³-hybridized carbons (Fsp3) is 0.429. The molecular weight excluding hydrogens is 242 g/mol. The van der Waals surface area contributed by atoms with Crippen LogP contribution in [-0.2, 0) is 13.2 Å². The molecule has 0 saturated heterocycles. The second-order valence-electron chi connectivity index (χ2n) is 4.67. The minimum atomic E-state index is 0.377. The Labute approximate surface area is 112 Å². The molecule has 0 aliphatic rings. The number of hydrogen-bond donors (Lipinski definition) is 1. The van der Waals surface area contributed by atoms with Crippen molar-refractivity contribution in [2.24, 2.45) is 0 Å². The van der Waals surface area contributed by atoms with Gasteiger partial charge >= 0.3 is 0 Å². The van der Waals surface area contributed by atoms with Gasteiger partial charge in [-0.2, -0.15) is 0 Å². The Morgan fingerprint density at radius 3 is 2.37 bits per heavy atom. The van der Waals surface area contributed by atoms with Crippen molar-refractivity contribution in [2.75, 3.05) is 7.05 Å². The number of benzene rings is 1.